The summed E-state index contributed by atoms with van der Waals surface area (Å²) in [6.45, 7) is 6.02. The van der Waals surface area contributed by atoms with Crippen LogP contribution in [-0.2, 0) is 12.2 Å². The Bertz CT molecular complexity index is 935. The molecule has 0 amide bonds. The molecule has 0 fully saturated rings. The van der Waals surface area contributed by atoms with Crippen LogP contribution in [0, 0.1) is 0 Å². The molecular formula is C19H22N4O3S. The Hall–Kier alpha value is -2.61. The number of aryl methyl sites for hydroxylation is 1. The van der Waals surface area contributed by atoms with Gasteiger partial charge in [-0.3, -0.25) is 4.79 Å². The molecule has 1 N–H and O–H groups in total. The van der Waals surface area contributed by atoms with Gasteiger partial charge in [0.2, 0.25) is 11.7 Å². The molecule has 2 heterocycles. The van der Waals surface area contributed by atoms with E-state index in [1.165, 1.54) is 17.8 Å². The zero-order chi connectivity index (χ0) is 19.2. The van der Waals surface area contributed by atoms with Crippen molar-refractivity contribution < 1.29 is 9.26 Å². The molecule has 3 aromatic rings. The lowest BCUT2D eigenvalue weighted by Crippen LogP contribution is -2.09. The van der Waals surface area contributed by atoms with Crippen LogP contribution >= 0.6 is 11.8 Å². The van der Waals surface area contributed by atoms with Crippen LogP contribution in [-0.4, -0.2) is 26.2 Å². The van der Waals surface area contributed by atoms with Crippen molar-refractivity contribution in [2.24, 2.45) is 0 Å². The molecule has 0 aliphatic heterocycles. The fourth-order valence-corrected chi connectivity index (χ4v) is 3.18. The van der Waals surface area contributed by atoms with Crippen molar-refractivity contribution in [3.05, 3.63) is 52.3 Å². The highest BCUT2D eigenvalue weighted by atomic mass is 32.2. The number of thioether (sulfide) groups is 1. The van der Waals surface area contributed by atoms with Gasteiger partial charge >= 0.3 is 0 Å². The van der Waals surface area contributed by atoms with Gasteiger partial charge in [-0.1, -0.05) is 30.3 Å². The predicted octanol–water partition coefficient (Wildman–Crippen LogP) is 3.85. The summed E-state index contributed by atoms with van der Waals surface area (Å²) >= 11 is 1.36. The number of nitrogens with one attached hydrogen (secondary N) is 1. The molecular weight excluding hydrogens is 364 g/mol. The molecule has 0 spiro atoms. The van der Waals surface area contributed by atoms with Crippen LogP contribution in [0.4, 0.5) is 0 Å². The predicted molar refractivity (Wildman–Crippen MR) is 104 cm³/mol. The molecule has 27 heavy (non-hydrogen) atoms. The summed E-state index contributed by atoms with van der Waals surface area (Å²) in [4.78, 5) is 23.3. The SMILES string of the molecule is CCCc1cc(=O)[nH]c(SCc2nc(-c3ccc(OC(C)C)cc3)no2)n1. The zero-order valence-electron chi connectivity index (χ0n) is 15.6. The van der Waals surface area contributed by atoms with E-state index in [9.17, 15) is 4.79 Å². The Balaban J connectivity index is 1.65. The molecule has 1 aromatic carbocycles. The number of H-pyrrole nitrogens is 1. The highest BCUT2D eigenvalue weighted by Crippen LogP contribution is 2.23. The van der Waals surface area contributed by atoms with Gasteiger partial charge < -0.3 is 14.2 Å². The summed E-state index contributed by atoms with van der Waals surface area (Å²) in [5.41, 5.74) is 1.49. The summed E-state index contributed by atoms with van der Waals surface area (Å²) in [6, 6.07) is 9.09. The Morgan fingerprint density at radius 1 is 1.22 bits per heavy atom. The monoisotopic (exact) mass is 386 g/mol. The van der Waals surface area contributed by atoms with Gasteiger partial charge in [0.05, 0.1) is 11.9 Å². The van der Waals surface area contributed by atoms with Crippen molar-refractivity contribution in [3.8, 4) is 17.1 Å². The minimum absolute atomic E-state index is 0.125. The lowest BCUT2D eigenvalue weighted by Gasteiger charge is -2.09. The summed E-state index contributed by atoms with van der Waals surface area (Å²) < 4.78 is 10.9. The van der Waals surface area contributed by atoms with E-state index in [2.05, 4.69) is 27.0 Å². The second-order valence-electron chi connectivity index (χ2n) is 6.28. The number of benzene rings is 1. The molecule has 8 heteroatoms. The van der Waals surface area contributed by atoms with Crippen LogP contribution in [0.25, 0.3) is 11.4 Å². The molecule has 142 valence electrons. The second kappa shape index (κ2) is 8.85. The Labute approximate surface area is 161 Å². The van der Waals surface area contributed by atoms with Crippen molar-refractivity contribution in [2.45, 2.75) is 50.6 Å². The normalized spacial score (nSPS) is 11.1. The van der Waals surface area contributed by atoms with E-state index in [1.807, 2.05) is 38.1 Å². The minimum atomic E-state index is -0.147. The first kappa shape index (κ1) is 19.2. The highest BCUT2D eigenvalue weighted by molar-refractivity contribution is 7.98. The first-order valence-electron chi connectivity index (χ1n) is 8.86. The van der Waals surface area contributed by atoms with Gasteiger partial charge in [-0.25, -0.2) is 4.98 Å². The average molecular weight is 386 g/mol. The number of hydrogen-bond acceptors (Lipinski definition) is 7. The van der Waals surface area contributed by atoms with Crippen LogP contribution in [0.1, 0.15) is 38.8 Å². The molecule has 0 atom stereocenters. The smallest absolute Gasteiger partial charge is 0.251 e. The first-order valence-corrected chi connectivity index (χ1v) is 9.84. The quantitative estimate of drug-likeness (QED) is 0.464. The molecule has 0 radical (unpaired) electrons. The van der Waals surface area contributed by atoms with E-state index in [-0.39, 0.29) is 11.7 Å². The minimum Gasteiger partial charge on any atom is -0.491 e. The van der Waals surface area contributed by atoms with Gasteiger partial charge in [0, 0.05) is 17.3 Å². The number of ether oxygens (including phenoxy) is 1. The van der Waals surface area contributed by atoms with Crippen LogP contribution < -0.4 is 10.3 Å². The lowest BCUT2D eigenvalue weighted by atomic mass is 10.2. The van der Waals surface area contributed by atoms with E-state index in [0.717, 1.165) is 29.8 Å². The molecule has 0 aliphatic carbocycles. The maximum atomic E-state index is 11.7. The molecule has 0 bridgehead atoms. The number of hydrogen-bond donors (Lipinski definition) is 1. The summed E-state index contributed by atoms with van der Waals surface area (Å²) in [5, 5.41) is 4.58. The van der Waals surface area contributed by atoms with Gasteiger partial charge in [-0.15, -0.1) is 0 Å². The number of nitrogens with zero attached hydrogens (tertiary/aromatic N) is 3. The van der Waals surface area contributed by atoms with Crippen molar-refractivity contribution >= 4 is 11.8 Å². The maximum absolute atomic E-state index is 11.7. The number of aromatic amines is 1. The van der Waals surface area contributed by atoms with Gasteiger partial charge in [-0.2, -0.15) is 4.98 Å². The molecule has 0 unspecified atom stereocenters. The van der Waals surface area contributed by atoms with Crippen molar-refractivity contribution in [1.29, 1.82) is 0 Å². The summed E-state index contributed by atoms with van der Waals surface area (Å²) in [6.07, 6.45) is 1.84. The fraction of sp³-hybridized carbons (Fsp3) is 0.368. The van der Waals surface area contributed by atoms with Gasteiger partial charge in [-0.05, 0) is 44.5 Å². The highest BCUT2D eigenvalue weighted by Gasteiger charge is 2.11. The topological polar surface area (TPSA) is 93.9 Å². The standard InChI is InChI=1S/C19H22N4O3S/c1-4-5-14-10-16(24)21-19(20-14)27-11-17-22-18(23-26-17)13-6-8-15(9-7-13)25-12(2)3/h6-10,12H,4-5,11H2,1-3H3,(H,20,21,24). The Morgan fingerprint density at radius 3 is 2.70 bits per heavy atom. The summed E-state index contributed by atoms with van der Waals surface area (Å²) in [5.74, 6) is 2.22. The first-order chi connectivity index (χ1) is 13.0. The second-order valence-corrected chi connectivity index (χ2v) is 7.25. The van der Waals surface area contributed by atoms with Crippen molar-refractivity contribution in [1.82, 2.24) is 20.1 Å². The average Bonchev–Trinajstić information content (AvgIpc) is 3.09. The Morgan fingerprint density at radius 2 is 2.00 bits per heavy atom. The fourth-order valence-electron chi connectivity index (χ4n) is 2.45. The van der Waals surface area contributed by atoms with Crippen LogP contribution in [0.5, 0.6) is 5.75 Å². The maximum Gasteiger partial charge on any atom is 0.251 e. The molecule has 0 saturated carbocycles. The van der Waals surface area contributed by atoms with Gasteiger partial charge in [0.15, 0.2) is 5.16 Å². The van der Waals surface area contributed by atoms with E-state index in [1.54, 1.807) is 0 Å². The molecule has 0 aliphatic rings. The van der Waals surface area contributed by atoms with E-state index >= 15 is 0 Å². The lowest BCUT2D eigenvalue weighted by molar-refractivity contribution is 0.242. The van der Waals surface area contributed by atoms with Crippen LogP contribution in [0.3, 0.4) is 0 Å². The molecule has 7 nitrogen and oxygen atoms in total. The largest absolute Gasteiger partial charge is 0.491 e. The number of aromatic nitrogens is 4. The number of rotatable bonds is 8. The van der Waals surface area contributed by atoms with Crippen LogP contribution in [0.15, 0.2) is 44.8 Å². The van der Waals surface area contributed by atoms with Gasteiger partial charge in [0.1, 0.15) is 5.75 Å². The van der Waals surface area contributed by atoms with E-state index in [0.29, 0.717) is 22.6 Å². The summed E-state index contributed by atoms with van der Waals surface area (Å²) in [7, 11) is 0. The third-order valence-electron chi connectivity index (χ3n) is 3.56. The van der Waals surface area contributed by atoms with E-state index < -0.39 is 0 Å². The molecule has 0 saturated heterocycles. The third kappa shape index (κ3) is 5.43. The molecule has 3 rings (SSSR count). The third-order valence-corrected chi connectivity index (χ3v) is 4.42. The van der Waals surface area contributed by atoms with E-state index in [4.69, 9.17) is 9.26 Å². The van der Waals surface area contributed by atoms with Crippen LogP contribution in [0.2, 0.25) is 0 Å². The van der Waals surface area contributed by atoms with Crippen molar-refractivity contribution in [2.75, 3.05) is 0 Å². The van der Waals surface area contributed by atoms with Gasteiger partial charge in [0.25, 0.3) is 5.56 Å². The Kier molecular flexibility index (Phi) is 6.28. The van der Waals surface area contributed by atoms with Crippen molar-refractivity contribution in [3.63, 3.8) is 0 Å². The molecule has 2 aromatic heterocycles. The zero-order valence-corrected chi connectivity index (χ0v) is 16.4.